The molecule has 0 bridgehead atoms. The van der Waals surface area contributed by atoms with Gasteiger partial charge in [-0.2, -0.15) is 0 Å². The number of anilines is 1. The summed E-state index contributed by atoms with van der Waals surface area (Å²) >= 11 is 0. The van der Waals surface area contributed by atoms with Crippen LogP contribution < -0.4 is 10.6 Å². The maximum Gasteiger partial charge on any atom is 0.217 e. The maximum atomic E-state index is 11.1. The van der Waals surface area contributed by atoms with Crippen LogP contribution in [-0.2, 0) is 15.6 Å². The van der Waals surface area contributed by atoms with Crippen molar-refractivity contribution in [1.29, 1.82) is 0 Å². The minimum Gasteiger partial charge on any atom is -0.370 e. The van der Waals surface area contributed by atoms with Crippen molar-refractivity contribution < 1.29 is 4.79 Å². The molecule has 24 heavy (non-hydrogen) atoms. The summed E-state index contributed by atoms with van der Waals surface area (Å²) < 4.78 is 0. The molecule has 0 atom stereocenters. The highest BCUT2D eigenvalue weighted by atomic mass is 16.1. The fourth-order valence-corrected chi connectivity index (χ4v) is 2.97. The van der Waals surface area contributed by atoms with Crippen LogP contribution in [0.1, 0.15) is 72.3 Å². The molecule has 0 saturated carbocycles. The molecule has 1 saturated heterocycles. The van der Waals surface area contributed by atoms with E-state index in [9.17, 15) is 4.79 Å². The quantitative estimate of drug-likeness (QED) is 0.923. The van der Waals surface area contributed by atoms with E-state index in [2.05, 4.69) is 52.5 Å². The summed E-state index contributed by atoms with van der Waals surface area (Å²) in [5, 5.41) is 0. The fourth-order valence-electron chi connectivity index (χ4n) is 2.97. The molecule has 0 radical (unpaired) electrons. The van der Waals surface area contributed by atoms with Crippen LogP contribution in [-0.4, -0.2) is 29.0 Å². The van der Waals surface area contributed by atoms with Gasteiger partial charge < -0.3 is 10.6 Å². The van der Waals surface area contributed by atoms with E-state index in [4.69, 9.17) is 15.7 Å². The van der Waals surface area contributed by atoms with Crippen molar-refractivity contribution in [3.05, 3.63) is 17.6 Å². The molecule has 0 aliphatic carbocycles. The van der Waals surface area contributed by atoms with Crippen LogP contribution in [0.4, 0.5) is 5.82 Å². The van der Waals surface area contributed by atoms with E-state index in [0.717, 1.165) is 43.3 Å². The molecule has 1 aliphatic heterocycles. The third-order valence-electron chi connectivity index (χ3n) is 4.58. The van der Waals surface area contributed by atoms with Crippen molar-refractivity contribution >= 4 is 11.7 Å². The highest BCUT2D eigenvalue weighted by Crippen LogP contribution is 2.30. The Kier molecular flexibility index (Phi) is 5.21. The second-order valence-electron chi connectivity index (χ2n) is 9.04. The van der Waals surface area contributed by atoms with Crippen molar-refractivity contribution in [2.45, 2.75) is 71.6 Å². The molecule has 2 N–H and O–H groups in total. The number of primary amides is 1. The van der Waals surface area contributed by atoms with Crippen molar-refractivity contribution in [1.82, 2.24) is 9.97 Å². The van der Waals surface area contributed by atoms with E-state index in [1.54, 1.807) is 0 Å². The first-order valence-electron chi connectivity index (χ1n) is 8.90. The van der Waals surface area contributed by atoms with E-state index >= 15 is 0 Å². The van der Waals surface area contributed by atoms with Crippen LogP contribution in [0.15, 0.2) is 6.07 Å². The zero-order chi connectivity index (χ0) is 18.1. The van der Waals surface area contributed by atoms with Crippen LogP contribution in [0.3, 0.4) is 0 Å². The van der Waals surface area contributed by atoms with E-state index in [1.165, 1.54) is 0 Å². The Morgan fingerprint density at radius 2 is 1.71 bits per heavy atom. The normalized spacial score (nSPS) is 17.2. The van der Waals surface area contributed by atoms with Crippen LogP contribution in [0, 0.1) is 5.92 Å². The van der Waals surface area contributed by atoms with Gasteiger partial charge in [-0.15, -0.1) is 0 Å². The molecular weight excluding hydrogens is 300 g/mol. The highest BCUT2D eigenvalue weighted by Gasteiger charge is 2.27. The van der Waals surface area contributed by atoms with Gasteiger partial charge in [0, 0.05) is 36.4 Å². The summed E-state index contributed by atoms with van der Waals surface area (Å²) in [5.74, 6) is 2.12. The minimum atomic E-state index is -0.194. The Labute approximate surface area is 146 Å². The first-order valence-corrected chi connectivity index (χ1v) is 8.90. The summed E-state index contributed by atoms with van der Waals surface area (Å²) in [7, 11) is 0. The molecule has 0 spiro atoms. The van der Waals surface area contributed by atoms with Gasteiger partial charge in [-0.25, -0.2) is 9.97 Å². The molecule has 134 valence electrons. The highest BCUT2D eigenvalue weighted by molar-refractivity contribution is 5.74. The lowest BCUT2D eigenvalue weighted by atomic mass is 9.89. The van der Waals surface area contributed by atoms with E-state index < -0.39 is 0 Å². The van der Waals surface area contributed by atoms with Gasteiger partial charge in [0.25, 0.3) is 0 Å². The largest absolute Gasteiger partial charge is 0.370 e. The number of rotatable bonds is 3. The maximum absolute atomic E-state index is 11.1. The van der Waals surface area contributed by atoms with Crippen LogP contribution in [0.2, 0.25) is 0 Å². The number of carbonyl (C=O) groups excluding carboxylic acids is 1. The van der Waals surface area contributed by atoms with Gasteiger partial charge in [0.1, 0.15) is 11.6 Å². The Morgan fingerprint density at radius 3 is 2.17 bits per heavy atom. The number of hydrogen-bond acceptors (Lipinski definition) is 4. The number of nitrogens with zero attached hydrogens (tertiary/aromatic N) is 3. The predicted molar refractivity (Wildman–Crippen MR) is 98.2 cm³/mol. The lowest BCUT2D eigenvalue weighted by Gasteiger charge is -2.34. The Bertz CT molecular complexity index is 558. The van der Waals surface area contributed by atoms with Crippen LogP contribution in [0.25, 0.3) is 0 Å². The van der Waals surface area contributed by atoms with E-state index in [0.29, 0.717) is 12.3 Å². The number of aromatic nitrogens is 2. The van der Waals surface area contributed by atoms with Crippen molar-refractivity contribution in [2.24, 2.45) is 11.7 Å². The van der Waals surface area contributed by atoms with Crippen molar-refractivity contribution in [2.75, 3.05) is 18.0 Å². The second-order valence-corrected chi connectivity index (χ2v) is 9.04. The monoisotopic (exact) mass is 332 g/mol. The van der Waals surface area contributed by atoms with Gasteiger partial charge in [-0.3, -0.25) is 4.79 Å². The molecule has 1 aliphatic rings. The van der Waals surface area contributed by atoms with Crippen LogP contribution >= 0.6 is 0 Å². The molecule has 5 heteroatoms. The average Bonchev–Trinajstić information content (AvgIpc) is 2.45. The first kappa shape index (κ1) is 18.7. The number of piperidine rings is 1. The summed E-state index contributed by atoms with van der Waals surface area (Å²) in [5.41, 5.74) is 6.32. The summed E-state index contributed by atoms with van der Waals surface area (Å²) in [4.78, 5) is 23.1. The molecule has 1 aromatic heterocycles. The molecule has 0 aromatic carbocycles. The van der Waals surface area contributed by atoms with Gasteiger partial charge in [0.05, 0.1) is 5.69 Å². The molecule has 1 amide bonds. The Balaban J connectivity index is 2.25. The lowest BCUT2D eigenvalue weighted by Crippen LogP contribution is -2.36. The third kappa shape index (κ3) is 4.68. The summed E-state index contributed by atoms with van der Waals surface area (Å²) in [6.07, 6.45) is 2.48. The molecule has 2 heterocycles. The topological polar surface area (TPSA) is 72.1 Å². The molecular formula is C19H32N4O. The Morgan fingerprint density at radius 1 is 1.12 bits per heavy atom. The molecule has 1 fully saturated rings. The van der Waals surface area contributed by atoms with Crippen LogP contribution in [0.5, 0.6) is 0 Å². The summed E-state index contributed by atoms with van der Waals surface area (Å²) in [6.45, 7) is 14.8. The molecule has 2 rings (SSSR count). The number of amides is 1. The molecule has 0 unspecified atom stereocenters. The lowest BCUT2D eigenvalue weighted by molar-refractivity contribution is -0.119. The van der Waals surface area contributed by atoms with Gasteiger partial charge >= 0.3 is 0 Å². The second kappa shape index (κ2) is 6.69. The van der Waals surface area contributed by atoms with Crippen molar-refractivity contribution in [3.63, 3.8) is 0 Å². The number of carbonyl (C=O) groups is 1. The molecule has 5 nitrogen and oxygen atoms in total. The third-order valence-corrected chi connectivity index (χ3v) is 4.58. The van der Waals surface area contributed by atoms with Crippen molar-refractivity contribution in [3.8, 4) is 0 Å². The summed E-state index contributed by atoms with van der Waals surface area (Å²) in [6, 6.07) is 2.13. The van der Waals surface area contributed by atoms with E-state index in [-0.39, 0.29) is 16.7 Å². The first-order chi connectivity index (χ1) is 11.0. The number of hydrogen-bond donors (Lipinski definition) is 1. The van der Waals surface area contributed by atoms with Gasteiger partial charge in [0.15, 0.2) is 0 Å². The zero-order valence-corrected chi connectivity index (χ0v) is 16.0. The minimum absolute atomic E-state index is 0.0119. The van der Waals surface area contributed by atoms with E-state index in [1.807, 2.05) is 0 Å². The zero-order valence-electron chi connectivity index (χ0n) is 16.0. The Hall–Kier alpha value is -1.65. The standard InChI is InChI=1S/C19H32N4O/c1-18(2,3)14-12-16(22-17(21-14)19(4,5)6)23-9-7-13(8-10-23)11-15(20)24/h12-13H,7-11H2,1-6H3,(H2,20,24). The molecule has 1 aromatic rings. The fraction of sp³-hybridized carbons (Fsp3) is 0.737. The van der Waals surface area contributed by atoms with Gasteiger partial charge in [0.2, 0.25) is 5.91 Å². The van der Waals surface area contributed by atoms with Gasteiger partial charge in [-0.1, -0.05) is 41.5 Å². The SMILES string of the molecule is CC(C)(C)c1cc(N2CCC(CC(N)=O)CC2)nc(C(C)(C)C)n1. The van der Waals surface area contributed by atoms with Gasteiger partial charge in [-0.05, 0) is 18.8 Å². The number of nitrogens with two attached hydrogens (primary N) is 1. The smallest absolute Gasteiger partial charge is 0.217 e. The average molecular weight is 332 g/mol. The predicted octanol–water partition coefficient (Wildman–Crippen LogP) is 3.16.